The Kier molecular flexibility index (Phi) is 4.89. The molecule has 0 bridgehead atoms. The molecule has 144 valence electrons. The third-order valence-corrected chi connectivity index (χ3v) is 6.71. The second-order valence-electron chi connectivity index (χ2n) is 7.39. The largest absolute Gasteiger partial charge is 0.366 e. The zero-order chi connectivity index (χ0) is 19.8. The molecule has 1 saturated heterocycles. The van der Waals surface area contributed by atoms with Gasteiger partial charge in [0.25, 0.3) is 11.8 Å². The lowest BCUT2D eigenvalue weighted by Crippen LogP contribution is -2.38. The van der Waals surface area contributed by atoms with Crippen LogP contribution < -0.4 is 5.73 Å². The first kappa shape index (κ1) is 18.6. The maximum absolute atomic E-state index is 12.8. The van der Waals surface area contributed by atoms with E-state index in [1.165, 1.54) is 4.88 Å². The zero-order valence-electron chi connectivity index (χ0n) is 16.1. The number of nitrogens with zero attached hydrogens (tertiary/aromatic N) is 2. The normalized spacial score (nSPS) is 15.1. The molecule has 1 fully saturated rings. The smallest absolute Gasteiger partial charge is 0.263 e. The molecule has 2 aromatic heterocycles. The summed E-state index contributed by atoms with van der Waals surface area (Å²) in [4.78, 5) is 33.5. The first-order valence-electron chi connectivity index (χ1n) is 9.50. The van der Waals surface area contributed by atoms with E-state index in [-0.39, 0.29) is 11.8 Å². The first-order chi connectivity index (χ1) is 13.4. The highest BCUT2D eigenvalue weighted by Gasteiger charge is 2.28. The van der Waals surface area contributed by atoms with E-state index in [1.54, 1.807) is 11.3 Å². The van der Waals surface area contributed by atoms with Crippen LogP contribution >= 0.6 is 11.3 Å². The van der Waals surface area contributed by atoms with E-state index >= 15 is 0 Å². The van der Waals surface area contributed by atoms with Crippen LogP contribution in [0.3, 0.4) is 0 Å². The molecule has 0 aliphatic carbocycles. The van der Waals surface area contributed by atoms with E-state index < -0.39 is 5.91 Å². The summed E-state index contributed by atoms with van der Waals surface area (Å²) in [5.74, 6) is -0.222. The summed E-state index contributed by atoms with van der Waals surface area (Å²) in [6.07, 6.45) is 1.56. The maximum Gasteiger partial charge on any atom is 0.263 e. The molecule has 0 radical (unpaired) electrons. The summed E-state index contributed by atoms with van der Waals surface area (Å²) in [6, 6.07) is 11.6. The molecule has 3 heterocycles. The number of piperidine rings is 1. The number of thiophene rings is 1. The molecule has 0 saturated carbocycles. The van der Waals surface area contributed by atoms with E-state index in [9.17, 15) is 9.59 Å². The van der Waals surface area contributed by atoms with Crippen LogP contribution in [0, 0.1) is 13.8 Å². The number of pyridine rings is 1. The molecule has 2 amide bonds. The van der Waals surface area contributed by atoms with Crippen molar-refractivity contribution in [3.05, 3.63) is 63.0 Å². The lowest BCUT2D eigenvalue weighted by Gasteiger charge is -2.32. The van der Waals surface area contributed by atoms with Crippen LogP contribution in [0.15, 0.2) is 36.4 Å². The Labute approximate surface area is 168 Å². The number of likely N-dealkylation sites (tertiary alicyclic amines) is 1. The third kappa shape index (κ3) is 3.40. The quantitative estimate of drug-likeness (QED) is 0.730. The molecule has 3 aromatic rings. The SMILES string of the molecule is Cc1cc(C(=O)N2CCC(c3nc4ccccc4cc3C(N)=O)CC2)sc1C. The van der Waals surface area contributed by atoms with Gasteiger partial charge in [0.15, 0.2) is 0 Å². The van der Waals surface area contributed by atoms with Crippen LogP contribution in [0.4, 0.5) is 0 Å². The van der Waals surface area contributed by atoms with Gasteiger partial charge in [0, 0.05) is 29.3 Å². The van der Waals surface area contributed by atoms with Crippen molar-refractivity contribution in [1.82, 2.24) is 9.88 Å². The molecule has 4 rings (SSSR count). The van der Waals surface area contributed by atoms with Gasteiger partial charge in [0.05, 0.1) is 21.7 Å². The zero-order valence-corrected chi connectivity index (χ0v) is 16.9. The molecule has 6 heteroatoms. The number of hydrogen-bond acceptors (Lipinski definition) is 4. The van der Waals surface area contributed by atoms with Crippen LogP contribution in [-0.4, -0.2) is 34.8 Å². The number of benzene rings is 1. The minimum Gasteiger partial charge on any atom is -0.366 e. The van der Waals surface area contributed by atoms with Crippen molar-refractivity contribution >= 4 is 34.1 Å². The van der Waals surface area contributed by atoms with Gasteiger partial charge in [-0.25, -0.2) is 0 Å². The molecule has 0 atom stereocenters. The van der Waals surface area contributed by atoms with Crippen molar-refractivity contribution in [2.45, 2.75) is 32.6 Å². The Morgan fingerprint density at radius 2 is 1.86 bits per heavy atom. The Balaban J connectivity index is 1.55. The van der Waals surface area contributed by atoms with Gasteiger partial charge in [-0.05, 0) is 50.5 Å². The first-order valence-corrected chi connectivity index (χ1v) is 10.3. The van der Waals surface area contributed by atoms with Gasteiger partial charge >= 0.3 is 0 Å². The van der Waals surface area contributed by atoms with Crippen molar-refractivity contribution in [2.24, 2.45) is 5.73 Å². The van der Waals surface area contributed by atoms with Crippen molar-refractivity contribution < 1.29 is 9.59 Å². The minimum atomic E-state index is -0.448. The topological polar surface area (TPSA) is 76.3 Å². The summed E-state index contributed by atoms with van der Waals surface area (Å²) in [5.41, 5.74) is 8.92. The van der Waals surface area contributed by atoms with Gasteiger partial charge in [0.2, 0.25) is 0 Å². The predicted octanol–water partition coefficient (Wildman–Crippen LogP) is 4.03. The Morgan fingerprint density at radius 3 is 2.50 bits per heavy atom. The van der Waals surface area contributed by atoms with Crippen LogP contribution in [-0.2, 0) is 0 Å². The molecular weight excluding hydrogens is 370 g/mol. The van der Waals surface area contributed by atoms with Gasteiger partial charge in [-0.1, -0.05) is 18.2 Å². The number of primary amides is 1. The molecule has 28 heavy (non-hydrogen) atoms. The summed E-state index contributed by atoms with van der Waals surface area (Å²) in [5, 5.41) is 0.913. The van der Waals surface area contributed by atoms with Gasteiger partial charge in [0.1, 0.15) is 0 Å². The van der Waals surface area contributed by atoms with Gasteiger partial charge in [-0.15, -0.1) is 11.3 Å². The van der Waals surface area contributed by atoms with Crippen molar-refractivity contribution in [1.29, 1.82) is 0 Å². The lowest BCUT2D eigenvalue weighted by atomic mass is 9.89. The average molecular weight is 394 g/mol. The number of aromatic nitrogens is 1. The average Bonchev–Trinajstić information content (AvgIpc) is 3.05. The standard InChI is InChI=1S/C22H23N3O2S/c1-13-11-19(28-14(13)2)22(27)25-9-7-15(8-10-25)20-17(21(23)26)12-16-5-3-4-6-18(16)24-20/h3-6,11-12,15H,7-10H2,1-2H3,(H2,23,26). The molecule has 1 aliphatic rings. The number of aryl methyl sites for hydroxylation is 2. The Morgan fingerprint density at radius 1 is 1.14 bits per heavy atom. The van der Waals surface area contributed by atoms with Gasteiger partial charge < -0.3 is 10.6 Å². The van der Waals surface area contributed by atoms with Gasteiger partial charge in [-0.3, -0.25) is 14.6 Å². The van der Waals surface area contributed by atoms with E-state index in [0.717, 1.165) is 39.9 Å². The molecule has 1 aromatic carbocycles. The number of carbonyl (C=O) groups excluding carboxylic acids is 2. The lowest BCUT2D eigenvalue weighted by molar-refractivity contribution is 0.0715. The summed E-state index contributed by atoms with van der Waals surface area (Å²) in [7, 11) is 0. The highest BCUT2D eigenvalue weighted by molar-refractivity contribution is 7.14. The number of para-hydroxylation sites is 1. The predicted molar refractivity (Wildman–Crippen MR) is 112 cm³/mol. The second-order valence-corrected chi connectivity index (χ2v) is 8.65. The van der Waals surface area contributed by atoms with Crippen LogP contribution in [0.2, 0.25) is 0 Å². The Hall–Kier alpha value is -2.73. The number of nitrogens with two attached hydrogens (primary N) is 1. The van der Waals surface area contributed by atoms with Crippen LogP contribution in [0.25, 0.3) is 10.9 Å². The fourth-order valence-corrected chi connectivity index (χ4v) is 4.83. The molecule has 0 unspecified atom stereocenters. The summed E-state index contributed by atoms with van der Waals surface area (Å²) in [6.45, 7) is 5.39. The van der Waals surface area contributed by atoms with E-state index in [0.29, 0.717) is 18.7 Å². The Bertz CT molecular complexity index is 1050. The number of carbonyl (C=O) groups is 2. The molecule has 0 spiro atoms. The maximum atomic E-state index is 12.8. The van der Waals surface area contributed by atoms with Crippen molar-refractivity contribution in [3.8, 4) is 0 Å². The monoisotopic (exact) mass is 393 g/mol. The molecule has 2 N–H and O–H groups in total. The number of rotatable bonds is 3. The molecular formula is C22H23N3O2S. The number of amides is 2. The van der Waals surface area contributed by atoms with Gasteiger partial charge in [-0.2, -0.15) is 0 Å². The van der Waals surface area contributed by atoms with E-state index in [1.807, 2.05) is 55.1 Å². The highest BCUT2D eigenvalue weighted by Crippen LogP contribution is 2.32. The highest BCUT2D eigenvalue weighted by atomic mass is 32.1. The van der Waals surface area contributed by atoms with Crippen molar-refractivity contribution in [3.63, 3.8) is 0 Å². The van der Waals surface area contributed by atoms with Crippen molar-refractivity contribution in [2.75, 3.05) is 13.1 Å². The molecule has 5 nitrogen and oxygen atoms in total. The van der Waals surface area contributed by atoms with E-state index in [4.69, 9.17) is 10.7 Å². The van der Waals surface area contributed by atoms with Crippen LogP contribution in [0.5, 0.6) is 0 Å². The fourth-order valence-electron chi connectivity index (χ4n) is 3.83. The number of fused-ring (bicyclic) bond motifs is 1. The number of hydrogen-bond donors (Lipinski definition) is 1. The second kappa shape index (κ2) is 7.36. The molecule has 1 aliphatic heterocycles. The third-order valence-electron chi connectivity index (χ3n) is 5.56. The van der Waals surface area contributed by atoms with Crippen LogP contribution in [0.1, 0.15) is 54.9 Å². The fraction of sp³-hybridized carbons (Fsp3) is 0.318. The van der Waals surface area contributed by atoms with E-state index in [2.05, 4.69) is 0 Å². The minimum absolute atomic E-state index is 0.0984. The summed E-state index contributed by atoms with van der Waals surface area (Å²) < 4.78 is 0. The summed E-state index contributed by atoms with van der Waals surface area (Å²) >= 11 is 1.56.